The predicted octanol–water partition coefficient (Wildman–Crippen LogP) is 1.43. The van der Waals surface area contributed by atoms with E-state index in [1.54, 1.807) is 15.2 Å². The Kier molecular flexibility index (Phi) is 7.99. The number of hydrogen-bond donors (Lipinski definition) is 0. The summed E-state index contributed by atoms with van der Waals surface area (Å²) in [6.45, 7) is 2.27. The fourth-order valence-electron chi connectivity index (χ4n) is 0.325. The summed E-state index contributed by atoms with van der Waals surface area (Å²) in [4.78, 5) is 10.5. The number of rotatable bonds is 4. The van der Waals surface area contributed by atoms with Gasteiger partial charge in [-0.25, -0.2) is 0 Å². The van der Waals surface area contributed by atoms with E-state index in [-0.39, 0.29) is 5.97 Å². The van der Waals surface area contributed by atoms with Crippen molar-refractivity contribution in [1.82, 2.24) is 0 Å². The average molecular weight is 355 g/mol. The third-order valence-electron chi connectivity index (χ3n) is 0.602. The van der Waals surface area contributed by atoms with Crippen LogP contribution >= 0.6 is 16.5 Å². The molecule has 0 atom stereocenters. The van der Waals surface area contributed by atoms with Gasteiger partial charge in [0.15, 0.2) is 0 Å². The van der Waals surface area contributed by atoms with Crippen molar-refractivity contribution in [3.8, 4) is 0 Å². The van der Waals surface area contributed by atoms with Crippen molar-refractivity contribution in [2.75, 3.05) is 12.4 Å². The molecule has 9 heavy (non-hydrogen) atoms. The van der Waals surface area contributed by atoms with Crippen molar-refractivity contribution in [2.45, 2.75) is 6.92 Å². The molecule has 0 fully saturated rings. The minimum atomic E-state index is -1.16. The molecule has 50 valence electrons. The zero-order valence-corrected chi connectivity index (χ0v) is 12.3. The van der Waals surface area contributed by atoms with Gasteiger partial charge in [0.2, 0.25) is 0 Å². The van der Waals surface area contributed by atoms with Crippen LogP contribution in [-0.4, -0.2) is 18.3 Å². The molecular formula is C4H7ClHgO2S. The standard InChI is InChI=1S/C4H8O2S.ClH.Hg/c1-2-6-4(5)3-7;;/h7H,2-3H2,1H3;1H;/q;;+2/p-2. The number of ether oxygens (including phenoxy) is 1. The molecule has 0 spiro atoms. The SMILES string of the molecule is CCOC(=O)C[S][Hg][Cl]. The van der Waals surface area contributed by atoms with E-state index in [4.69, 9.17) is 8.25 Å². The second kappa shape index (κ2) is 7.16. The monoisotopic (exact) mass is 356 g/mol. The Morgan fingerprint density at radius 2 is 2.56 bits per heavy atom. The Morgan fingerprint density at radius 3 is 3.00 bits per heavy atom. The summed E-state index contributed by atoms with van der Waals surface area (Å²) in [7, 11) is 7.09. The van der Waals surface area contributed by atoms with Gasteiger partial charge < -0.3 is 0 Å². The van der Waals surface area contributed by atoms with Crippen molar-refractivity contribution >= 4 is 22.5 Å². The van der Waals surface area contributed by atoms with Crippen molar-refractivity contribution in [3.63, 3.8) is 0 Å². The number of hydrogen-bond acceptors (Lipinski definition) is 3. The molecule has 0 aliphatic heterocycles. The average Bonchev–Trinajstić information content (AvgIpc) is 1.85. The molecule has 0 bridgehead atoms. The predicted molar refractivity (Wildman–Crippen MR) is 34.9 cm³/mol. The molecule has 2 nitrogen and oxygen atoms in total. The third-order valence-corrected chi connectivity index (χ3v) is 9.44. The molecule has 0 heterocycles. The van der Waals surface area contributed by atoms with Gasteiger partial charge in [0.05, 0.1) is 0 Å². The molecule has 0 unspecified atom stereocenters. The molecule has 0 N–H and O–H groups in total. The first kappa shape index (κ1) is 10.0. The normalized spacial score (nSPS) is 8.22. The van der Waals surface area contributed by atoms with E-state index in [0.717, 1.165) is 0 Å². The zero-order chi connectivity index (χ0) is 7.11. The molecule has 0 rings (SSSR count). The molecule has 0 aromatic heterocycles. The van der Waals surface area contributed by atoms with Crippen LogP contribution in [0.25, 0.3) is 0 Å². The molecule has 0 aromatic rings. The first-order chi connectivity index (χ1) is 4.31. The maximum absolute atomic E-state index is 10.5. The van der Waals surface area contributed by atoms with Crippen LogP contribution in [0.2, 0.25) is 0 Å². The van der Waals surface area contributed by atoms with Crippen LogP contribution in [0, 0.1) is 0 Å². The Balaban J connectivity index is 3.06. The number of carbonyl (C=O) groups excluding carboxylic acids is 1. The van der Waals surface area contributed by atoms with Crippen molar-refractivity contribution in [1.29, 1.82) is 0 Å². The number of esters is 1. The first-order valence-electron chi connectivity index (χ1n) is 2.60. The molecule has 0 saturated carbocycles. The van der Waals surface area contributed by atoms with E-state index in [1.165, 1.54) is 0 Å². The maximum atomic E-state index is 10.5. The molecule has 0 amide bonds. The first-order valence-corrected chi connectivity index (χ1v) is 17.3. The second-order valence-electron chi connectivity index (χ2n) is 1.26. The molecule has 0 aliphatic rings. The van der Waals surface area contributed by atoms with Crippen LogP contribution in [0.4, 0.5) is 0 Å². The molecule has 0 aliphatic carbocycles. The quantitative estimate of drug-likeness (QED) is 0.564. The Morgan fingerprint density at radius 1 is 1.89 bits per heavy atom. The van der Waals surface area contributed by atoms with Crippen LogP contribution in [-0.2, 0) is 31.4 Å². The Hall–Kier alpha value is 1.05. The third kappa shape index (κ3) is 6.94. The molecule has 0 aromatic carbocycles. The van der Waals surface area contributed by atoms with Crippen LogP contribution < -0.4 is 0 Å². The topological polar surface area (TPSA) is 26.3 Å². The van der Waals surface area contributed by atoms with E-state index < -0.39 is 21.8 Å². The van der Waals surface area contributed by atoms with Gasteiger partial charge in [-0.05, 0) is 0 Å². The fraction of sp³-hybridized carbons (Fsp3) is 0.750. The summed E-state index contributed by atoms with van der Waals surface area (Å²) in [5, 5.41) is 0. The molecular weight excluding hydrogens is 348 g/mol. The van der Waals surface area contributed by atoms with Crippen molar-refractivity contribution < 1.29 is 31.4 Å². The van der Waals surface area contributed by atoms with Gasteiger partial charge in [-0.3, -0.25) is 0 Å². The second-order valence-corrected chi connectivity index (χ2v) is 15.2. The Labute approximate surface area is 72.7 Å². The molecule has 0 saturated heterocycles. The van der Waals surface area contributed by atoms with Crippen molar-refractivity contribution in [3.05, 3.63) is 0 Å². The molecule has 0 radical (unpaired) electrons. The van der Waals surface area contributed by atoms with Gasteiger partial charge in [-0.2, -0.15) is 0 Å². The summed E-state index contributed by atoms with van der Waals surface area (Å²) in [5.74, 6) is 0.321. The Bertz CT molecular complexity index is 90.6. The summed E-state index contributed by atoms with van der Waals surface area (Å²) in [5.41, 5.74) is 0. The van der Waals surface area contributed by atoms with Gasteiger partial charge in [0, 0.05) is 0 Å². The van der Waals surface area contributed by atoms with Gasteiger partial charge in [-0.15, -0.1) is 0 Å². The fourth-order valence-corrected chi connectivity index (χ4v) is 5.53. The van der Waals surface area contributed by atoms with E-state index >= 15 is 0 Å². The minimum absolute atomic E-state index is 0.136. The van der Waals surface area contributed by atoms with E-state index in [9.17, 15) is 4.79 Å². The van der Waals surface area contributed by atoms with E-state index in [2.05, 4.69) is 4.74 Å². The van der Waals surface area contributed by atoms with Crippen LogP contribution in [0.3, 0.4) is 0 Å². The van der Waals surface area contributed by atoms with Gasteiger partial charge in [0.1, 0.15) is 0 Å². The van der Waals surface area contributed by atoms with Crippen molar-refractivity contribution in [2.24, 2.45) is 0 Å². The summed E-state index contributed by atoms with van der Waals surface area (Å²) in [6.07, 6.45) is 0. The van der Waals surface area contributed by atoms with Crippen LogP contribution in [0.5, 0.6) is 0 Å². The van der Waals surface area contributed by atoms with Gasteiger partial charge in [-0.1, -0.05) is 0 Å². The van der Waals surface area contributed by atoms with E-state index in [1.807, 2.05) is 0 Å². The van der Waals surface area contributed by atoms with Gasteiger partial charge in [0.25, 0.3) is 0 Å². The summed E-state index contributed by atoms with van der Waals surface area (Å²) >= 11 is -1.16. The summed E-state index contributed by atoms with van der Waals surface area (Å²) in [6, 6.07) is 0. The van der Waals surface area contributed by atoms with Crippen LogP contribution in [0.15, 0.2) is 0 Å². The zero-order valence-electron chi connectivity index (χ0n) is 5.22. The van der Waals surface area contributed by atoms with Gasteiger partial charge >= 0.3 is 73.1 Å². The molecule has 5 heteroatoms. The number of halogens is 1. The number of carbonyl (C=O) groups is 1. The van der Waals surface area contributed by atoms with E-state index in [0.29, 0.717) is 12.4 Å². The van der Waals surface area contributed by atoms with Crippen LogP contribution in [0.1, 0.15) is 6.92 Å². The summed E-state index contributed by atoms with van der Waals surface area (Å²) < 4.78 is 4.66.